The average Bonchev–Trinajstić information content (AvgIpc) is 2.97. The molecular formula is C16H23NO2S. The minimum absolute atomic E-state index is 0.140. The van der Waals surface area contributed by atoms with Crippen LogP contribution in [0.5, 0.6) is 0 Å². The molecule has 1 saturated heterocycles. The molecule has 0 aliphatic carbocycles. The van der Waals surface area contributed by atoms with E-state index in [1.165, 1.54) is 4.90 Å². The van der Waals surface area contributed by atoms with Crippen molar-refractivity contribution in [3.63, 3.8) is 0 Å². The Morgan fingerprint density at radius 1 is 1.45 bits per heavy atom. The average molecular weight is 293 g/mol. The number of nitrogens with one attached hydrogen (secondary N) is 1. The van der Waals surface area contributed by atoms with Crippen molar-refractivity contribution in [2.45, 2.75) is 48.9 Å². The van der Waals surface area contributed by atoms with Gasteiger partial charge in [-0.15, -0.1) is 11.8 Å². The van der Waals surface area contributed by atoms with E-state index in [1.54, 1.807) is 11.8 Å². The van der Waals surface area contributed by atoms with E-state index in [0.29, 0.717) is 24.3 Å². The van der Waals surface area contributed by atoms with Gasteiger partial charge in [0.05, 0.1) is 6.10 Å². The summed E-state index contributed by atoms with van der Waals surface area (Å²) in [5.41, 5.74) is 0. The standard InChI is InChI=1S/C16H23NO2S/c1-13(20-15-7-3-2-4-8-15)12-17-16(18)10-9-14-6-5-11-19-14/h2-4,7-8,13-14H,5-6,9-12H2,1H3,(H,17,18)/t13-,14+/m1/s1. The number of amides is 1. The number of carbonyl (C=O) groups excluding carboxylic acids is 1. The van der Waals surface area contributed by atoms with Crippen LogP contribution in [0.3, 0.4) is 0 Å². The molecule has 2 atom stereocenters. The van der Waals surface area contributed by atoms with E-state index in [0.717, 1.165) is 25.9 Å². The summed E-state index contributed by atoms with van der Waals surface area (Å²) in [6.45, 7) is 3.71. The SMILES string of the molecule is C[C@H](CNC(=O)CC[C@@H]1CCCO1)Sc1ccccc1. The van der Waals surface area contributed by atoms with Gasteiger partial charge in [0.25, 0.3) is 0 Å². The Morgan fingerprint density at radius 2 is 2.25 bits per heavy atom. The lowest BCUT2D eigenvalue weighted by Gasteiger charge is -2.13. The maximum Gasteiger partial charge on any atom is 0.220 e. The van der Waals surface area contributed by atoms with Gasteiger partial charge < -0.3 is 10.1 Å². The third kappa shape index (κ3) is 5.55. The van der Waals surface area contributed by atoms with Crippen molar-refractivity contribution in [2.24, 2.45) is 0 Å². The van der Waals surface area contributed by atoms with Crippen LogP contribution in [0.15, 0.2) is 35.2 Å². The maximum atomic E-state index is 11.8. The van der Waals surface area contributed by atoms with Gasteiger partial charge in [-0.1, -0.05) is 25.1 Å². The van der Waals surface area contributed by atoms with E-state index >= 15 is 0 Å². The smallest absolute Gasteiger partial charge is 0.220 e. The largest absolute Gasteiger partial charge is 0.378 e. The van der Waals surface area contributed by atoms with Crippen LogP contribution in [0, 0.1) is 0 Å². The fourth-order valence-electron chi connectivity index (χ4n) is 2.28. The van der Waals surface area contributed by atoms with Crippen LogP contribution in [0.1, 0.15) is 32.6 Å². The molecule has 1 fully saturated rings. The second-order valence-electron chi connectivity index (χ2n) is 5.22. The lowest BCUT2D eigenvalue weighted by Crippen LogP contribution is -2.29. The molecular weight excluding hydrogens is 270 g/mol. The topological polar surface area (TPSA) is 38.3 Å². The van der Waals surface area contributed by atoms with E-state index < -0.39 is 0 Å². The van der Waals surface area contributed by atoms with Crippen molar-refractivity contribution in [3.05, 3.63) is 30.3 Å². The summed E-state index contributed by atoms with van der Waals surface area (Å²) in [7, 11) is 0. The Bertz CT molecular complexity index is 404. The molecule has 4 heteroatoms. The van der Waals surface area contributed by atoms with Crippen molar-refractivity contribution >= 4 is 17.7 Å². The number of rotatable bonds is 7. The minimum Gasteiger partial charge on any atom is -0.378 e. The van der Waals surface area contributed by atoms with Crippen LogP contribution in [-0.2, 0) is 9.53 Å². The van der Waals surface area contributed by atoms with Crippen molar-refractivity contribution in [1.29, 1.82) is 0 Å². The van der Waals surface area contributed by atoms with Crippen LogP contribution in [0.2, 0.25) is 0 Å². The monoisotopic (exact) mass is 293 g/mol. The van der Waals surface area contributed by atoms with Crippen LogP contribution in [0.25, 0.3) is 0 Å². The molecule has 1 aliphatic rings. The number of hydrogen-bond acceptors (Lipinski definition) is 3. The highest BCUT2D eigenvalue weighted by atomic mass is 32.2. The van der Waals surface area contributed by atoms with Crippen molar-refractivity contribution in [3.8, 4) is 0 Å². The predicted octanol–water partition coefficient (Wildman–Crippen LogP) is 3.24. The third-order valence-corrected chi connectivity index (χ3v) is 4.50. The van der Waals surface area contributed by atoms with Gasteiger partial charge in [0, 0.05) is 29.7 Å². The number of benzene rings is 1. The Kier molecular flexibility index (Phi) is 6.40. The zero-order valence-electron chi connectivity index (χ0n) is 12.0. The van der Waals surface area contributed by atoms with Gasteiger partial charge in [-0.3, -0.25) is 4.79 Å². The quantitative estimate of drug-likeness (QED) is 0.784. The number of ether oxygens (including phenoxy) is 1. The number of thioether (sulfide) groups is 1. The first-order valence-electron chi connectivity index (χ1n) is 7.34. The molecule has 2 rings (SSSR count). The molecule has 0 unspecified atom stereocenters. The molecule has 1 aromatic rings. The van der Waals surface area contributed by atoms with Crippen LogP contribution < -0.4 is 5.32 Å². The van der Waals surface area contributed by atoms with Crippen molar-refractivity contribution in [2.75, 3.05) is 13.2 Å². The van der Waals surface area contributed by atoms with Crippen LogP contribution >= 0.6 is 11.8 Å². The Balaban J connectivity index is 1.60. The van der Waals surface area contributed by atoms with Gasteiger partial charge >= 0.3 is 0 Å². The summed E-state index contributed by atoms with van der Waals surface area (Å²) >= 11 is 1.79. The lowest BCUT2D eigenvalue weighted by atomic mass is 10.1. The lowest BCUT2D eigenvalue weighted by molar-refractivity contribution is -0.121. The van der Waals surface area contributed by atoms with Gasteiger partial charge in [0.2, 0.25) is 5.91 Å². The van der Waals surface area contributed by atoms with Crippen molar-refractivity contribution < 1.29 is 9.53 Å². The van der Waals surface area contributed by atoms with Crippen LogP contribution in [0.4, 0.5) is 0 Å². The Hall–Kier alpha value is -1.00. The van der Waals surface area contributed by atoms with Gasteiger partial charge in [0.15, 0.2) is 0 Å². The molecule has 0 aromatic heterocycles. The van der Waals surface area contributed by atoms with Gasteiger partial charge in [-0.2, -0.15) is 0 Å². The first-order valence-corrected chi connectivity index (χ1v) is 8.22. The van der Waals surface area contributed by atoms with E-state index in [4.69, 9.17) is 4.74 Å². The summed E-state index contributed by atoms with van der Waals surface area (Å²) in [5.74, 6) is 0.140. The number of carbonyl (C=O) groups is 1. The normalized spacial score (nSPS) is 19.8. The highest BCUT2D eigenvalue weighted by Crippen LogP contribution is 2.22. The summed E-state index contributed by atoms with van der Waals surface area (Å²) < 4.78 is 5.52. The molecule has 1 N–H and O–H groups in total. The molecule has 1 aliphatic heterocycles. The van der Waals surface area contributed by atoms with E-state index in [9.17, 15) is 4.79 Å². The molecule has 0 bridgehead atoms. The summed E-state index contributed by atoms with van der Waals surface area (Å²) in [4.78, 5) is 13.0. The first kappa shape index (κ1) is 15.4. The highest BCUT2D eigenvalue weighted by molar-refractivity contribution is 8.00. The van der Waals surface area contributed by atoms with E-state index in [-0.39, 0.29) is 5.91 Å². The molecule has 0 saturated carbocycles. The third-order valence-electron chi connectivity index (χ3n) is 3.38. The fourth-order valence-corrected chi connectivity index (χ4v) is 3.23. The second kappa shape index (κ2) is 8.32. The summed E-state index contributed by atoms with van der Waals surface area (Å²) in [6, 6.07) is 10.3. The second-order valence-corrected chi connectivity index (χ2v) is 6.73. The van der Waals surface area contributed by atoms with E-state index in [1.807, 2.05) is 18.2 Å². The highest BCUT2D eigenvalue weighted by Gasteiger charge is 2.16. The maximum absolute atomic E-state index is 11.8. The molecule has 1 amide bonds. The Morgan fingerprint density at radius 3 is 2.95 bits per heavy atom. The minimum atomic E-state index is 0.140. The zero-order valence-corrected chi connectivity index (χ0v) is 12.8. The van der Waals surface area contributed by atoms with Crippen LogP contribution in [-0.4, -0.2) is 30.4 Å². The molecule has 1 aromatic carbocycles. The van der Waals surface area contributed by atoms with Gasteiger partial charge in [-0.05, 0) is 31.4 Å². The predicted molar refractivity (Wildman–Crippen MR) is 83.0 cm³/mol. The molecule has 110 valence electrons. The molecule has 20 heavy (non-hydrogen) atoms. The first-order chi connectivity index (χ1) is 9.74. The zero-order chi connectivity index (χ0) is 14.2. The molecule has 0 spiro atoms. The van der Waals surface area contributed by atoms with E-state index in [2.05, 4.69) is 24.4 Å². The Labute approximate surface area is 125 Å². The molecule has 1 heterocycles. The molecule has 3 nitrogen and oxygen atoms in total. The van der Waals surface area contributed by atoms with Gasteiger partial charge in [-0.25, -0.2) is 0 Å². The van der Waals surface area contributed by atoms with Crippen molar-refractivity contribution in [1.82, 2.24) is 5.32 Å². The fraction of sp³-hybridized carbons (Fsp3) is 0.562. The molecule has 0 radical (unpaired) electrons. The summed E-state index contributed by atoms with van der Waals surface area (Å²) in [5, 5.41) is 3.39. The number of hydrogen-bond donors (Lipinski definition) is 1. The van der Waals surface area contributed by atoms with Gasteiger partial charge in [0.1, 0.15) is 0 Å². The summed E-state index contributed by atoms with van der Waals surface area (Å²) in [6.07, 6.45) is 3.97.